The third kappa shape index (κ3) is 2.54. The van der Waals surface area contributed by atoms with E-state index in [2.05, 4.69) is 10.3 Å². The molecule has 0 radical (unpaired) electrons. The van der Waals surface area contributed by atoms with E-state index in [4.69, 9.17) is 0 Å². The van der Waals surface area contributed by atoms with Crippen molar-refractivity contribution in [1.29, 1.82) is 0 Å². The summed E-state index contributed by atoms with van der Waals surface area (Å²) >= 11 is 1.26. The highest BCUT2D eigenvalue weighted by Gasteiger charge is 2.45. The summed E-state index contributed by atoms with van der Waals surface area (Å²) in [6, 6.07) is 9.57. The summed E-state index contributed by atoms with van der Waals surface area (Å²) in [4.78, 5) is 28.1. The molecule has 1 heterocycles. The van der Waals surface area contributed by atoms with Crippen LogP contribution in [-0.2, 0) is 4.79 Å². The van der Waals surface area contributed by atoms with E-state index in [9.17, 15) is 14.7 Å². The standard InChI is InChI=1S/C15H14N2O3S/c18-12(17-15(14(19)20)7-4-8-15)11-9-16-13(21-11)10-5-2-1-3-6-10/h1-3,5-6,9H,4,7-8H2,(H,17,18)(H,19,20). The molecule has 5 nitrogen and oxygen atoms in total. The molecule has 2 aromatic rings. The molecule has 0 unspecified atom stereocenters. The Morgan fingerprint density at radius 3 is 2.52 bits per heavy atom. The van der Waals surface area contributed by atoms with Crippen molar-refractivity contribution in [2.45, 2.75) is 24.8 Å². The van der Waals surface area contributed by atoms with Gasteiger partial charge in [0.25, 0.3) is 5.91 Å². The molecule has 3 rings (SSSR count). The lowest BCUT2D eigenvalue weighted by Gasteiger charge is -2.37. The van der Waals surface area contributed by atoms with Gasteiger partial charge in [-0.3, -0.25) is 4.79 Å². The smallest absolute Gasteiger partial charge is 0.329 e. The minimum absolute atomic E-state index is 0.364. The Labute approximate surface area is 125 Å². The van der Waals surface area contributed by atoms with Gasteiger partial charge in [-0.05, 0) is 19.3 Å². The molecule has 1 amide bonds. The lowest BCUT2D eigenvalue weighted by molar-refractivity contribution is -0.148. The second kappa shape index (κ2) is 5.29. The number of aromatic nitrogens is 1. The summed E-state index contributed by atoms with van der Waals surface area (Å²) < 4.78 is 0. The van der Waals surface area contributed by atoms with Crippen molar-refractivity contribution in [3.63, 3.8) is 0 Å². The number of carbonyl (C=O) groups excluding carboxylic acids is 1. The lowest BCUT2D eigenvalue weighted by atomic mass is 9.77. The second-order valence-corrected chi connectivity index (χ2v) is 6.12. The summed E-state index contributed by atoms with van der Waals surface area (Å²) in [6.07, 6.45) is 3.29. The second-order valence-electron chi connectivity index (χ2n) is 5.09. The van der Waals surface area contributed by atoms with Crippen LogP contribution in [0.4, 0.5) is 0 Å². The Bertz CT molecular complexity index is 677. The number of nitrogens with one attached hydrogen (secondary N) is 1. The predicted octanol–water partition coefficient (Wildman–Crippen LogP) is 2.55. The molecule has 0 atom stereocenters. The van der Waals surface area contributed by atoms with Gasteiger partial charge in [-0.15, -0.1) is 11.3 Å². The van der Waals surface area contributed by atoms with Gasteiger partial charge in [-0.2, -0.15) is 0 Å². The normalized spacial score (nSPS) is 16.0. The zero-order valence-electron chi connectivity index (χ0n) is 11.2. The van der Waals surface area contributed by atoms with Crippen LogP contribution < -0.4 is 5.32 Å². The van der Waals surface area contributed by atoms with Gasteiger partial charge in [-0.1, -0.05) is 30.3 Å². The van der Waals surface area contributed by atoms with Crippen molar-refractivity contribution in [2.24, 2.45) is 0 Å². The van der Waals surface area contributed by atoms with Crippen LogP contribution in [0.2, 0.25) is 0 Å². The first-order chi connectivity index (χ1) is 10.1. The summed E-state index contributed by atoms with van der Waals surface area (Å²) in [5, 5.41) is 12.6. The Balaban J connectivity index is 1.77. The molecule has 6 heteroatoms. The molecular formula is C15H14N2O3S. The molecule has 21 heavy (non-hydrogen) atoms. The molecule has 0 bridgehead atoms. The first kappa shape index (κ1) is 13.8. The first-order valence-corrected chi connectivity index (χ1v) is 7.49. The number of amides is 1. The van der Waals surface area contributed by atoms with E-state index in [-0.39, 0.29) is 5.91 Å². The van der Waals surface area contributed by atoms with E-state index in [1.165, 1.54) is 17.5 Å². The summed E-state index contributed by atoms with van der Waals surface area (Å²) in [5.41, 5.74) is -0.147. The van der Waals surface area contributed by atoms with E-state index < -0.39 is 11.5 Å². The van der Waals surface area contributed by atoms with Crippen molar-refractivity contribution in [3.8, 4) is 10.6 Å². The third-order valence-corrected chi connectivity index (χ3v) is 4.76. The number of benzene rings is 1. The topological polar surface area (TPSA) is 79.3 Å². The van der Waals surface area contributed by atoms with Crippen LogP contribution in [0.15, 0.2) is 36.5 Å². The number of rotatable bonds is 4. The fourth-order valence-corrected chi connectivity index (χ4v) is 3.11. The molecule has 0 saturated heterocycles. The van der Waals surface area contributed by atoms with Crippen molar-refractivity contribution >= 4 is 23.2 Å². The van der Waals surface area contributed by atoms with Gasteiger partial charge in [-0.25, -0.2) is 9.78 Å². The molecule has 1 saturated carbocycles. The molecular weight excluding hydrogens is 288 g/mol. The number of hydrogen-bond acceptors (Lipinski definition) is 4. The van der Waals surface area contributed by atoms with E-state index in [1.807, 2.05) is 30.3 Å². The lowest BCUT2D eigenvalue weighted by Crippen LogP contribution is -2.59. The molecule has 2 N–H and O–H groups in total. The van der Waals surface area contributed by atoms with E-state index in [1.54, 1.807) is 0 Å². The number of nitrogens with zero attached hydrogens (tertiary/aromatic N) is 1. The van der Waals surface area contributed by atoms with Gasteiger partial charge in [0, 0.05) is 5.56 Å². The number of carboxylic acid groups (broad SMARTS) is 1. The molecule has 0 spiro atoms. The zero-order chi connectivity index (χ0) is 14.9. The maximum absolute atomic E-state index is 12.2. The van der Waals surface area contributed by atoms with E-state index in [0.29, 0.717) is 17.7 Å². The average molecular weight is 302 g/mol. The molecule has 1 aromatic carbocycles. The van der Waals surface area contributed by atoms with Gasteiger partial charge in [0.15, 0.2) is 0 Å². The summed E-state index contributed by atoms with van der Waals surface area (Å²) in [5.74, 6) is -1.33. The van der Waals surface area contributed by atoms with Crippen LogP contribution in [-0.4, -0.2) is 27.5 Å². The Morgan fingerprint density at radius 1 is 1.24 bits per heavy atom. The van der Waals surface area contributed by atoms with Gasteiger partial charge < -0.3 is 10.4 Å². The largest absolute Gasteiger partial charge is 0.480 e. The molecule has 1 aliphatic rings. The average Bonchev–Trinajstić information content (AvgIpc) is 2.93. The molecule has 108 valence electrons. The van der Waals surface area contributed by atoms with Crippen LogP contribution >= 0.6 is 11.3 Å². The van der Waals surface area contributed by atoms with Crippen molar-refractivity contribution < 1.29 is 14.7 Å². The molecule has 0 aliphatic heterocycles. The van der Waals surface area contributed by atoms with E-state index in [0.717, 1.165) is 17.0 Å². The van der Waals surface area contributed by atoms with Gasteiger partial charge in [0.1, 0.15) is 15.4 Å². The van der Waals surface area contributed by atoms with E-state index >= 15 is 0 Å². The molecule has 1 aromatic heterocycles. The fraction of sp³-hybridized carbons (Fsp3) is 0.267. The van der Waals surface area contributed by atoms with Gasteiger partial charge in [0.05, 0.1) is 6.20 Å². The number of carbonyl (C=O) groups is 2. The predicted molar refractivity (Wildman–Crippen MR) is 79.2 cm³/mol. The number of carboxylic acids is 1. The van der Waals surface area contributed by atoms with Gasteiger partial charge in [0.2, 0.25) is 0 Å². The first-order valence-electron chi connectivity index (χ1n) is 6.68. The Hall–Kier alpha value is -2.21. The van der Waals surface area contributed by atoms with Crippen LogP contribution in [0.1, 0.15) is 28.9 Å². The van der Waals surface area contributed by atoms with Crippen LogP contribution in [0.3, 0.4) is 0 Å². The third-order valence-electron chi connectivity index (χ3n) is 3.72. The van der Waals surface area contributed by atoms with Crippen LogP contribution in [0.5, 0.6) is 0 Å². The monoisotopic (exact) mass is 302 g/mol. The van der Waals surface area contributed by atoms with Crippen molar-refractivity contribution in [1.82, 2.24) is 10.3 Å². The molecule has 1 fully saturated rings. The maximum Gasteiger partial charge on any atom is 0.329 e. The minimum Gasteiger partial charge on any atom is -0.480 e. The summed E-state index contributed by atoms with van der Waals surface area (Å²) in [7, 11) is 0. The summed E-state index contributed by atoms with van der Waals surface area (Å²) in [6.45, 7) is 0. The van der Waals surface area contributed by atoms with Crippen LogP contribution in [0.25, 0.3) is 10.6 Å². The number of hydrogen-bond donors (Lipinski definition) is 2. The Kier molecular flexibility index (Phi) is 3.47. The zero-order valence-corrected chi connectivity index (χ0v) is 12.0. The highest BCUT2D eigenvalue weighted by molar-refractivity contribution is 7.16. The highest BCUT2D eigenvalue weighted by Crippen LogP contribution is 2.33. The van der Waals surface area contributed by atoms with Gasteiger partial charge >= 0.3 is 5.97 Å². The van der Waals surface area contributed by atoms with Crippen LogP contribution in [0, 0.1) is 0 Å². The number of thiazole rings is 1. The highest BCUT2D eigenvalue weighted by atomic mass is 32.1. The minimum atomic E-state index is -1.09. The Morgan fingerprint density at radius 2 is 1.95 bits per heavy atom. The van der Waals surface area contributed by atoms with Crippen molar-refractivity contribution in [3.05, 3.63) is 41.4 Å². The quantitative estimate of drug-likeness (QED) is 0.909. The van der Waals surface area contributed by atoms with Crippen molar-refractivity contribution in [2.75, 3.05) is 0 Å². The maximum atomic E-state index is 12.2. The number of aliphatic carboxylic acids is 1. The SMILES string of the molecule is O=C(NC1(C(=O)O)CCC1)c1cnc(-c2ccccc2)s1. The molecule has 1 aliphatic carbocycles. The fourth-order valence-electron chi connectivity index (χ4n) is 2.29.